The molecule has 0 radical (unpaired) electrons. The molecule has 0 saturated carbocycles. The Balaban J connectivity index is 1.48. The minimum absolute atomic E-state index is 0.467. The van der Waals surface area contributed by atoms with Gasteiger partial charge in [0.25, 0.3) is 0 Å². The Morgan fingerprint density at radius 3 is 1.53 bits per heavy atom. The Labute approximate surface area is 200 Å². The van der Waals surface area contributed by atoms with Crippen LogP contribution in [0.4, 0.5) is 0 Å². The highest BCUT2D eigenvalue weighted by molar-refractivity contribution is 5.83. The van der Waals surface area contributed by atoms with Crippen LogP contribution in [0.15, 0.2) is 128 Å². The first-order chi connectivity index (χ1) is 16.9. The van der Waals surface area contributed by atoms with Crippen molar-refractivity contribution in [2.45, 2.75) is 13.2 Å². The lowest BCUT2D eigenvalue weighted by molar-refractivity contribution is 0.306. The lowest BCUT2D eigenvalue weighted by atomic mass is 9.94. The van der Waals surface area contributed by atoms with Crippen LogP contribution in [0.25, 0.3) is 22.4 Å². The topological polar surface area (TPSA) is 31.4 Å². The van der Waals surface area contributed by atoms with Crippen LogP contribution < -0.4 is 9.47 Å². The molecule has 5 rings (SSSR count). The Kier molecular flexibility index (Phi) is 6.63. The molecule has 166 valence electrons. The Morgan fingerprint density at radius 1 is 0.441 bits per heavy atom. The summed E-state index contributed by atoms with van der Waals surface area (Å²) in [5, 5.41) is 0. The van der Waals surface area contributed by atoms with Crippen LogP contribution in [0.3, 0.4) is 0 Å². The SMILES string of the molecule is c1ccc(OCc2ccccc2-c2cccnc2-c2ccccc2COc2ccccc2)cc1. The third-order valence-corrected chi connectivity index (χ3v) is 5.66. The van der Waals surface area contributed by atoms with Crippen molar-refractivity contribution in [3.05, 3.63) is 139 Å². The molecule has 0 spiro atoms. The molecular formula is C31H25NO2. The van der Waals surface area contributed by atoms with E-state index in [1.807, 2.05) is 91.1 Å². The average Bonchev–Trinajstić information content (AvgIpc) is 2.92. The van der Waals surface area contributed by atoms with Crippen LogP contribution in [0.1, 0.15) is 11.1 Å². The molecule has 5 aromatic rings. The van der Waals surface area contributed by atoms with Crippen LogP contribution in [0.2, 0.25) is 0 Å². The van der Waals surface area contributed by atoms with Crippen LogP contribution in [0.5, 0.6) is 11.5 Å². The molecular weight excluding hydrogens is 418 g/mol. The van der Waals surface area contributed by atoms with Crippen molar-refractivity contribution in [1.29, 1.82) is 0 Å². The zero-order chi connectivity index (χ0) is 23.0. The highest BCUT2D eigenvalue weighted by Gasteiger charge is 2.15. The predicted octanol–water partition coefficient (Wildman–Crippen LogP) is 7.57. The first-order valence-electron chi connectivity index (χ1n) is 11.4. The number of hydrogen-bond donors (Lipinski definition) is 0. The van der Waals surface area contributed by atoms with Gasteiger partial charge in [0.05, 0.1) is 5.69 Å². The zero-order valence-corrected chi connectivity index (χ0v) is 18.8. The van der Waals surface area contributed by atoms with Crippen molar-refractivity contribution < 1.29 is 9.47 Å². The van der Waals surface area contributed by atoms with Gasteiger partial charge in [-0.1, -0.05) is 91.0 Å². The van der Waals surface area contributed by atoms with E-state index in [0.717, 1.165) is 45.0 Å². The Morgan fingerprint density at radius 2 is 0.912 bits per heavy atom. The van der Waals surface area contributed by atoms with E-state index in [0.29, 0.717) is 13.2 Å². The number of hydrogen-bond acceptors (Lipinski definition) is 3. The van der Waals surface area contributed by atoms with Crippen molar-refractivity contribution >= 4 is 0 Å². The fourth-order valence-corrected chi connectivity index (χ4v) is 3.98. The largest absolute Gasteiger partial charge is 0.489 e. The lowest BCUT2D eigenvalue weighted by Gasteiger charge is -2.16. The van der Waals surface area contributed by atoms with Gasteiger partial charge < -0.3 is 9.47 Å². The minimum Gasteiger partial charge on any atom is -0.489 e. The molecule has 3 heteroatoms. The molecule has 0 aliphatic carbocycles. The second-order valence-corrected chi connectivity index (χ2v) is 7.92. The van der Waals surface area contributed by atoms with Gasteiger partial charge in [0.2, 0.25) is 0 Å². The number of aromatic nitrogens is 1. The summed E-state index contributed by atoms with van der Waals surface area (Å²) in [7, 11) is 0. The molecule has 0 fully saturated rings. The maximum Gasteiger partial charge on any atom is 0.119 e. The summed E-state index contributed by atoms with van der Waals surface area (Å²) >= 11 is 0. The van der Waals surface area contributed by atoms with Crippen LogP contribution in [-0.4, -0.2) is 4.98 Å². The molecule has 0 aliphatic heterocycles. The van der Waals surface area contributed by atoms with Gasteiger partial charge in [-0.25, -0.2) is 0 Å². The van der Waals surface area contributed by atoms with Gasteiger partial charge in [0, 0.05) is 17.3 Å². The van der Waals surface area contributed by atoms with Crippen molar-refractivity contribution in [2.75, 3.05) is 0 Å². The fraction of sp³-hybridized carbons (Fsp3) is 0.0645. The van der Waals surface area contributed by atoms with E-state index in [2.05, 4.69) is 36.4 Å². The third-order valence-electron chi connectivity index (χ3n) is 5.66. The normalized spacial score (nSPS) is 10.6. The number of para-hydroxylation sites is 2. The van der Waals surface area contributed by atoms with E-state index in [-0.39, 0.29) is 0 Å². The summed E-state index contributed by atoms with van der Waals surface area (Å²) in [5.74, 6) is 1.70. The van der Waals surface area contributed by atoms with E-state index in [1.54, 1.807) is 0 Å². The van der Waals surface area contributed by atoms with Crippen LogP contribution >= 0.6 is 0 Å². The highest BCUT2D eigenvalue weighted by atomic mass is 16.5. The molecule has 1 aromatic heterocycles. The molecule has 1 heterocycles. The van der Waals surface area contributed by atoms with E-state index in [9.17, 15) is 0 Å². The van der Waals surface area contributed by atoms with E-state index < -0.39 is 0 Å². The summed E-state index contributed by atoms with van der Waals surface area (Å²) in [6, 6.07) is 40.5. The van der Waals surface area contributed by atoms with Crippen LogP contribution in [0, 0.1) is 0 Å². The standard InChI is InChI=1S/C31H25NO2/c1-3-14-26(15-4-1)33-22-24-12-7-9-18-28(24)30-20-11-21-32-31(30)29-19-10-8-13-25(29)23-34-27-16-5-2-6-17-27/h1-21H,22-23H2. The summed E-state index contributed by atoms with van der Waals surface area (Å²) in [6.07, 6.45) is 1.84. The fourth-order valence-electron chi connectivity index (χ4n) is 3.98. The molecule has 0 N–H and O–H groups in total. The second kappa shape index (κ2) is 10.5. The maximum atomic E-state index is 6.07. The van der Waals surface area contributed by atoms with Gasteiger partial charge in [0.1, 0.15) is 24.7 Å². The molecule has 0 unspecified atom stereocenters. The van der Waals surface area contributed by atoms with Crippen molar-refractivity contribution in [3.63, 3.8) is 0 Å². The summed E-state index contributed by atoms with van der Waals surface area (Å²) in [5.41, 5.74) is 6.37. The number of benzene rings is 4. The van der Waals surface area contributed by atoms with Crippen molar-refractivity contribution in [1.82, 2.24) is 4.98 Å². The Bertz CT molecular complexity index is 1240. The first-order valence-corrected chi connectivity index (χ1v) is 11.4. The number of pyridine rings is 1. The van der Waals surface area contributed by atoms with Crippen molar-refractivity contribution in [3.8, 4) is 33.9 Å². The molecule has 0 bridgehead atoms. The summed E-state index contributed by atoms with van der Waals surface area (Å²) in [4.78, 5) is 4.80. The lowest BCUT2D eigenvalue weighted by Crippen LogP contribution is -2.01. The van der Waals surface area contributed by atoms with Gasteiger partial charge in [-0.2, -0.15) is 0 Å². The molecule has 3 nitrogen and oxygen atoms in total. The highest BCUT2D eigenvalue weighted by Crippen LogP contribution is 2.34. The van der Waals surface area contributed by atoms with Gasteiger partial charge in [-0.05, 0) is 47.0 Å². The molecule has 0 aliphatic rings. The Hall–Kier alpha value is -4.37. The monoisotopic (exact) mass is 443 g/mol. The smallest absolute Gasteiger partial charge is 0.119 e. The first kappa shape index (κ1) is 21.5. The summed E-state index contributed by atoms with van der Waals surface area (Å²) < 4.78 is 12.1. The maximum absolute atomic E-state index is 6.07. The molecule has 4 aromatic carbocycles. The van der Waals surface area contributed by atoms with E-state index in [1.165, 1.54) is 0 Å². The van der Waals surface area contributed by atoms with E-state index in [4.69, 9.17) is 14.5 Å². The molecule has 0 amide bonds. The van der Waals surface area contributed by atoms with Gasteiger partial charge >= 0.3 is 0 Å². The predicted molar refractivity (Wildman–Crippen MR) is 137 cm³/mol. The van der Waals surface area contributed by atoms with Crippen molar-refractivity contribution in [2.24, 2.45) is 0 Å². The number of nitrogens with zero attached hydrogens (tertiary/aromatic N) is 1. The molecule has 34 heavy (non-hydrogen) atoms. The van der Waals surface area contributed by atoms with Gasteiger partial charge in [-0.15, -0.1) is 0 Å². The zero-order valence-electron chi connectivity index (χ0n) is 18.8. The van der Waals surface area contributed by atoms with E-state index >= 15 is 0 Å². The van der Waals surface area contributed by atoms with Gasteiger partial charge in [0.15, 0.2) is 0 Å². The average molecular weight is 444 g/mol. The van der Waals surface area contributed by atoms with Crippen LogP contribution in [-0.2, 0) is 13.2 Å². The van der Waals surface area contributed by atoms with Gasteiger partial charge in [-0.3, -0.25) is 4.98 Å². The quantitative estimate of drug-likeness (QED) is 0.248. The second-order valence-electron chi connectivity index (χ2n) is 7.92. The number of ether oxygens (including phenoxy) is 2. The molecule has 0 saturated heterocycles. The third kappa shape index (κ3) is 5.00. The minimum atomic E-state index is 0.467. The number of rotatable bonds is 8. The molecule has 0 atom stereocenters. The summed E-state index contributed by atoms with van der Waals surface area (Å²) in [6.45, 7) is 0.947.